The first-order valence-corrected chi connectivity index (χ1v) is 8.63. The molecule has 1 aliphatic heterocycles. The summed E-state index contributed by atoms with van der Waals surface area (Å²) in [4.78, 5) is 14.3. The number of likely N-dealkylation sites (tertiary alicyclic amines) is 1. The highest BCUT2D eigenvalue weighted by Gasteiger charge is 2.09. The van der Waals surface area contributed by atoms with E-state index in [9.17, 15) is 4.79 Å². The van der Waals surface area contributed by atoms with E-state index in [0.29, 0.717) is 22.3 Å². The van der Waals surface area contributed by atoms with Crippen LogP contribution in [0.1, 0.15) is 32.1 Å². The maximum absolute atomic E-state index is 11.8. The van der Waals surface area contributed by atoms with E-state index in [1.165, 1.54) is 32.4 Å². The van der Waals surface area contributed by atoms with Crippen molar-refractivity contribution in [3.8, 4) is 0 Å². The molecule has 1 fully saturated rings. The van der Waals surface area contributed by atoms with Crippen LogP contribution in [0.4, 0.5) is 10.5 Å². The van der Waals surface area contributed by atoms with Crippen molar-refractivity contribution in [3.63, 3.8) is 0 Å². The lowest BCUT2D eigenvalue weighted by Gasteiger charge is -2.26. The molecule has 0 unspecified atom stereocenters. The Kier molecular flexibility index (Phi) is 7.30. The number of anilines is 1. The molecule has 0 atom stereocenters. The average molecular weight is 344 g/mol. The number of hydrogen-bond acceptors (Lipinski definition) is 2. The molecule has 0 bridgehead atoms. The molecule has 22 heavy (non-hydrogen) atoms. The zero-order valence-corrected chi connectivity index (χ0v) is 14.2. The molecule has 1 aromatic carbocycles. The number of hydrogen-bond donors (Lipinski definition) is 2. The minimum atomic E-state index is -0.212. The molecular formula is C16H23Cl2N3O. The third kappa shape index (κ3) is 6.03. The first kappa shape index (κ1) is 17.4. The number of benzene rings is 1. The molecule has 4 nitrogen and oxygen atoms in total. The van der Waals surface area contributed by atoms with Crippen molar-refractivity contribution in [2.75, 3.05) is 31.5 Å². The standard InChI is InChI=1S/C16H23Cl2N3O/c17-14-7-6-13(12-15(14)18)20-16(22)19-8-2-5-11-21-9-3-1-4-10-21/h6-7,12H,1-5,8-11H2,(H2,19,20,22). The Balaban J connectivity index is 1.58. The van der Waals surface area contributed by atoms with E-state index in [2.05, 4.69) is 15.5 Å². The molecule has 0 aromatic heterocycles. The third-order valence-corrected chi connectivity index (χ3v) is 4.55. The average Bonchev–Trinajstić information content (AvgIpc) is 2.52. The van der Waals surface area contributed by atoms with Gasteiger partial charge in [0, 0.05) is 12.2 Å². The molecule has 0 saturated carbocycles. The summed E-state index contributed by atoms with van der Waals surface area (Å²) in [5, 5.41) is 6.51. The molecule has 6 heteroatoms. The number of carbonyl (C=O) groups excluding carboxylic acids is 1. The van der Waals surface area contributed by atoms with Crippen molar-refractivity contribution < 1.29 is 4.79 Å². The molecule has 2 N–H and O–H groups in total. The van der Waals surface area contributed by atoms with Crippen molar-refractivity contribution in [2.24, 2.45) is 0 Å². The van der Waals surface area contributed by atoms with Crippen molar-refractivity contribution in [2.45, 2.75) is 32.1 Å². The number of urea groups is 1. The molecule has 1 aromatic rings. The second-order valence-corrected chi connectivity index (χ2v) is 6.43. The number of amides is 2. The molecule has 0 spiro atoms. The summed E-state index contributed by atoms with van der Waals surface area (Å²) in [6, 6.07) is 4.82. The molecule has 1 heterocycles. The second-order valence-electron chi connectivity index (χ2n) is 5.62. The van der Waals surface area contributed by atoms with Crippen molar-refractivity contribution in [1.29, 1.82) is 0 Å². The number of rotatable bonds is 6. The van der Waals surface area contributed by atoms with E-state index >= 15 is 0 Å². The van der Waals surface area contributed by atoms with Gasteiger partial charge in [-0.25, -0.2) is 4.79 Å². The zero-order chi connectivity index (χ0) is 15.8. The number of unbranched alkanes of at least 4 members (excludes halogenated alkanes) is 1. The fraction of sp³-hybridized carbons (Fsp3) is 0.562. The Bertz CT molecular complexity index is 490. The van der Waals surface area contributed by atoms with Gasteiger partial charge in [-0.15, -0.1) is 0 Å². The molecular weight excluding hydrogens is 321 g/mol. The summed E-state index contributed by atoms with van der Waals surface area (Å²) >= 11 is 11.7. The fourth-order valence-corrected chi connectivity index (χ4v) is 2.89. The number of nitrogens with zero attached hydrogens (tertiary/aromatic N) is 1. The summed E-state index contributed by atoms with van der Waals surface area (Å²) in [6.45, 7) is 4.27. The third-order valence-electron chi connectivity index (χ3n) is 3.81. The van der Waals surface area contributed by atoms with E-state index in [0.717, 1.165) is 19.4 Å². The number of halogens is 2. The second kappa shape index (κ2) is 9.23. The Hall–Kier alpha value is -0.970. The van der Waals surface area contributed by atoms with Gasteiger partial charge >= 0.3 is 6.03 Å². The van der Waals surface area contributed by atoms with Crippen LogP contribution in [0.2, 0.25) is 10.0 Å². The SMILES string of the molecule is O=C(NCCCCN1CCCCC1)Nc1ccc(Cl)c(Cl)c1. The maximum Gasteiger partial charge on any atom is 0.319 e. The Morgan fingerprint density at radius 3 is 2.59 bits per heavy atom. The van der Waals surface area contributed by atoms with E-state index in [4.69, 9.17) is 23.2 Å². The minimum absolute atomic E-state index is 0.212. The monoisotopic (exact) mass is 343 g/mol. The van der Waals surface area contributed by atoms with Crippen LogP contribution in [0, 0.1) is 0 Å². The van der Waals surface area contributed by atoms with E-state index < -0.39 is 0 Å². The summed E-state index contributed by atoms with van der Waals surface area (Å²) in [7, 11) is 0. The fourth-order valence-electron chi connectivity index (χ4n) is 2.59. The van der Waals surface area contributed by atoms with Gasteiger partial charge in [-0.1, -0.05) is 29.6 Å². The van der Waals surface area contributed by atoms with Gasteiger partial charge in [0.2, 0.25) is 0 Å². The van der Waals surface area contributed by atoms with Gasteiger partial charge in [0.05, 0.1) is 10.0 Å². The minimum Gasteiger partial charge on any atom is -0.338 e. The van der Waals surface area contributed by atoms with E-state index in [-0.39, 0.29) is 6.03 Å². The molecule has 2 rings (SSSR count). The van der Waals surface area contributed by atoms with Gasteiger partial charge in [-0.05, 0) is 63.5 Å². The van der Waals surface area contributed by atoms with E-state index in [1.807, 2.05) is 0 Å². The molecule has 122 valence electrons. The van der Waals surface area contributed by atoms with Crippen LogP contribution < -0.4 is 10.6 Å². The highest BCUT2D eigenvalue weighted by atomic mass is 35.5. The molecule has 2 amide bonds. The molecule has 0 radical (unpaired) electrons. The lowest BCUT2D eigenvalue weighted by Crippen LogP contribution is -2.32. The Labute approximate surface area is 142 Å². The molecule has 1 aliphatic rings. The summed E-state index contributed by atoms with van der Waals surface area (Å²) < 4.78 is 0. The largest absolute Gasteiger partial charge is 0.338 e. The van der Waals surface area contributed by atoms with Crippen LogP contribution >= 0.6 is 23.2 Å². The van der Waals surface area contributed by atoms with Crippen molar-refractivity contribution in [3.05, 3.63) is 28.2 Å². The van der Waals surface area contributed by atoms with Crippen molar-refractivity contribution >= 4 is 34.9 Å². The van der Waals surface area contributed by atoms with Crippen molar-refractivity contribution in [1.82, 2.24) is 10.2 Å². The molecule has 1 saturated heterocycles. The van der Waals surface area contributed by atoms with Gasteiger partial charge in [0.1, 0.15) is 0 Å². The normalized spacial score (nSPS) is 15.5. The van der Waals surface area contributed by atoms with Crippen LogP contribution in [0.3, 0.4) is 0 Å². The van der Waals surface area contributed by atoms with E-state index in [1.54, 1.807) is 18.2 Å². The topological polar surface area (TPSA) is 44.4 Å². The maximum atomic E-state index is 11.8. The van der Waals surface area contributed by atoms with Gasteiger partial charge in [-0.3, -0.25) is 0 Å². The van der Waals surface area contributed by atoms with Crippen LogP contribution in [0.15, 0.2) is 18.2 Å². The number of nitrogens with one attached hydrogen (secondary N) is 2. The summed E-state index contributed by atoms with van der Waals surface area (Å²) in [6.07, 6.45) is 6.12. The lowest BCUT2D eigenvalue weighted by molar-refractivity contribution is 0.224. The Morgan fingerprint density at radius 1 is 1.09 bits per heavy atom. The summed E-state index contributed by atoms with van der Waals surface area (Å²) in [5.74, 6) is 0. The summed E-state index contributed by atoms with van der Waals surface area (Å²) in [5.41, 5.74) is 0.639. The highest BCUT2D eigenvalue weighted by Crippen LogP contribution is 2.24. The number of piperidine rings is 1. The first-order chi connectivity index (χ1) is 10.6. The first-order valence-electron chi connectivity index (χ1n) is 7.87. The van der Waals surface area contributed by atoms with Gasteiger partial charge < -0.3 is 15.5 Å². The quantitative estimate of drug-likeness (QED) is 0.752. The lowest BCUT2D eigenvalue weighted by atomic mass is 10.1. The smallest absolute Gasteiger partial charge is 0.319 e. The van der Waals surface area contributed by atoms with Crippen LogP contribution in [-0.4, -0.2) is 37.1 Å². The Morgan fingerprint density at radius 2 is 1.86 bits per heavy atom. The zero-order valence-electron chi connectivity index (χ0n) is 12.7. The van der Waals surface area contributed by atoms with Crippen LogP contribution in [0.25, 0.3) is 0 Å². The highest BCUT2D eigenvalue weighted by molar-refractivity contribution is 6.42. The predicted molar refractivity (Wildman–Crippen MR) is 93.0 cm³/mol. The van der Waals surface area contributed by atoms with Gasteiger partial charge in [0.15, 0.2) is 0 Å². The van der Waals surface area contributed by atoms with Crippen LogP contribution in [-0.2, 0) is 0 Å². The number of carbonyl (C=O) groups is 1. The predicted octanol–water partition coefficient (Wildman–Crippen LogP) is 4.38. The molecule has 0 aliphatic carbocycles. The van der Waals surface area contributed by atoms with Gasteiger partial charge in [0.25, 0.3) is 0 Å². The van der Waals surface area contributed by atoms with Gasteiger partial charge in [-0.2, -0.15) is 0 Å². The van der Waals surface area contributed by atoms with Crippen LogP contribution in [0.5, 0.6) is 0 Å².